The van der Waals surface area contributed by atoms with Crippen LogP contribution in [0.5, 0.6) is 0 Å². The van der Waals surface area contributed by atoms with Crippen molar-refractivity contribution in [3.63, 3.8) is 0 Å². The Kier molecular flexibility index (Phi) is 4.29. The van der Waals surface area contributed by atoms with E-state index >= 15 is 0 Å². The van der Waals surface area contributed by atoms with E-state index in [1.165, 1.54) is 18.2 Å². The highest BCUT2D eigenvalue weighted by molar-refractivity contribution is 6.24. The second-order valence-electron chi connectivity index (χ2n) is 4.94. The molecule has 0 fully saturated rings. The van der Waals surface area contributed by atoms with E-state index < -0.39 is 4.92 Å². The predicted octanol–water partition coefficient (Wildman–Crippen LogP) is 3.36. The van der Waals surface area contributed by atoms with Crippen molar-refractivity contribution in [1.82, 2.24) is 0 Å². The molecule has 0 atom stereocenters. The van der Waals surface area contributed by atoms with Gasteiger partial charge in [-0.1, -0.05) is 36.4 Å². The van der Waals surface area contributed by atoms with Gasteiger partial charge in [0.25, 0.3) is 11.5 Å². The van der Waals surface area contributed by atoms with Gasteiger partial charge in [0.05, 0.1) is 12.1 Å². The first-order chi connectivity index (χ1) is 11.6. The molecular formula is C18H13N2O4+. The fourth-order valence-electron chi connectivity index (χ4n) is 2.21. The number of Topliss-reactive ketones (excluding diaryl/α,β-unsaturated/α-hetero) is 1. The minimum absolute atomic E-state index is 0.217. The molecule has 0 N–H and O–H groups in total. The number of carbonyl (C=O) groups is 1. The number of furan rings is 1. The van der Waals surface area contributed by atoms with Gasteiger partial charge in [-0.15, -0.1) is 0 Å². The molecule has 3 rings (SSSR count). The molecule has 0 spiro atoms. The second-order valence-corrected chi connectivity index (χ2v) is 4.94. The van der Waals surface area contributed by atoms with Crippen LogP contribution in [0, 0.1) is 10.1 Å². The largest absolute Gasteiger partial charge is 0.433 e. The van der Waals surface area contributed by atoms with Gasteiger partial charge in [0.2, 0.25) is 0 Å². The van der Waals surface area contributed by atoms with Gasteiger partial charge in [-0.05, 0) is 6.07 Å². The lowest BCUT2D eigenvalue weighted by Gasteiger charge is -2.01. The van der Waals surface area contributed by atoms with Crippen LogP contribution in [0.15, 0.2) is 77.5 Å². The Hall–Kier alpha value is -3.54. The number of nitrogens with zero attached hydrogens (tertiary/aromatic N) is 2. The van der Waals surface area contributed by atoms with E-state index in [4.69, 9.17) is 4.42 Å². The van der Waals surface area contributed by atoms with Crippen molar-refractivity contribution in [2.75, 3.05) is 0 Å². The second kappa shape index (κ2) is 6.70. The molecule has 0 unspecified atom stereocenters. The van der Waals surface area contributed by atoms with E-state index in [0.717, 1.165) is 0 Å². The molecular weight excluding hydrogens is 308 g/mol. The highest BCUT2D eigenvalue weighted by Crippen LogP contribution is 2.19. The van der Waals surface area contributed by atoms with Gasteiger partial charge in [-0.2, -0.15) is 4.57 Å². The SMILES string of the molecule is O=C(/C(=C\c1ccc([N+](=O)[O-])o1)[n+]1ccccc1)c1ccccc1. The third kappa shape index (κ3) is 3.27. The molecule has 0 bridgehead atoms. The van der Waals surface area contributed by atoms with Crippen molar-refractivity contribution < 1.29 is 18.7 Å². The highest BCUT2D eigenvalue weighted by atomic mass is 16.6. The van der Waals surface area contributed by atoms with E-state index in [2.05, 4.69) is 0 Å². The summed E-state index contributed by atoms with van der Waals surface area (Å²) in [7, 11) is 0. The Morgan fingerprint density at radius 3 is 2.29 bits per heavy atom. The molecule has 6 nitrogen and oxygen atoms in total. The number of allylic oxidation sites excluding steroid dienone is 1. The fourth-order valence-corrected chi connectivity index (χ4v) is 2.21. The first kappa shape index (κ1) is 15.4. The Morgan fingerprint density at radius 1 is 1.00 bits per heavy atom. The van der Waals surface area contributed by atoms with Crippen LogP contribution in [-0.4, -0.2) is 10.7 Å². The molecule has 0 saturated carbocycles. The third-order valence-electron chi connectivity index (χ3n) is 3.33. The molecule has 0 aliphatic rings. The zero-order chi connectivity index (χ0) is 16.9. The summed E-state index contributed by atoms with van der Waals surface area (Å²) in [5.41, 5.74) is 0.840. The molecule has 1 aromatic carbocycles. The average Bonchev–Trinajstić information content (AvgIpc) is 3.10. The molecule has 0 aliphatic heterocycles. The van der Waals surface area contributed by atoms with E-state index in [0.29, 0.717) is 11.3 Å². The minimum Gasteiger partial charge on any atom is -0.401 e. The number of nitro groups is 1. The number of pyridine rings is 1. The average molecular weight is 321 g/mol. The number of hydrogen-bond donors (Lipinski definition) is 0. The lowest BCUT2D eigenvalue weighted by molar-refractivity contribution is -0.575. The van der Waals surface area contributed by atoms with Gasteiger partial charge in [-0.25, -0.2) is 0 Å². The zero-order valence-electron chi connectivity index (χ0n) is 12.5. The summed E-state index contributed by atoms with van der Waals surface area (Å²) in [5.74, 6) is -0.353. The van der Waals surface area contributed by atoms with Crippen molar-refractivity contribution >= 4 is 23.4 Å². The lowest BCUT2D eigenvalue weighted by atomic mass is 10.1. The summed E-state index contributed by atoms with van der Waals surface area (Å²) in [4.78, 5) is 23.0. The number of rotatable bonds is 5. The van der Waals surface area contributed by atoms with Crippen LogP contribution >= 0.6 is 0 Å². The number of carbonyl (C=O) groups excluding carboxylic acids is 1. The summed E-state index contributed by atoms with van der Waals surface area (Å²) >= 11 is 0. The van der Waals surface area contributed by atoms with Crippen molar-refractivity contribution in [2.24, 2.45) is 0 Å². The fraction of sp³-hybridized carbons (Fsp3) is 0. The summed E-state index contributed by atoms with van der Waals surface area (Å²) in [6.45, 7) is 0. The van der Waals surface area contributed by atoms with Gasteiger partial charge in [0.1, 0.15) is 10.7 Å². The van der Waals surface area contributed by atoms with E-state index in [-0.39, 0.29) is 17.4 Å². The predicted molar refractivity (Wildman–Crippen MR) is 86.9 cm³/mol. The van der Waals surface area contributed by atoms with Crippen LogP contribution in [0.25, 0.3) is 11.8 Å². The Bertz CT molecular complexity index is 899. The van der Waals surface area contributed by atoms with E-state index in [1.807, 2.05) is 12.1 Å². The summed E-state index contributed by atoms with van der Waals surface area (Å²) in [5, 5.41) is 10.7. The molecule has 3 aromatic rings. The molecule has 6 heteroatoms. The Labute approximate surface area is 137 Å². The van der Waals surface area contributed by atoms with Crippen LogP contribution in [0.4, 0.5) is 5.88 Å². The van der Waals surface area contributed by atoms with Gasteiger partial charge >= 0.3 is 5.88 Å². The molecule has 0 saturated heterocycles. The van der Waals surface area contributed by atoms with Crippen molar-refractivity contribution in [2.45, 2.75) is 0 Å². The maximum atomic E-state index is 12.8. The first-order valence-electron chi connectivity index (χ1n) is 7.17. The number of aromatic nitrogens is 1. The summed E-state index contributed by atoms with van der Waals surface area (Å²) in [6.07, 6.45) is 4.94. The quantitative estimate of drug-likeness (QED) is 0.237. The molecule has 118 valence electrons. The topological polar surface area (TPSA) is 77.2 Å². The normalized spacial score (nSPS) is 11.2. The Balaban J connectivity index is 2.06. The maximum absolute atomic E-state index is 12.8. The van der Waals surface area contributed by atoms with Gasteiger partial charge in [0, 0.05) is 17.7 Å². The lowest BCUT2D eigenvalue weighted by Crippen LogP contribution is -2.35. The van der Waals surface area contributed by atoms with Crippen LogP contribution < -0.4 is 4.57 Å². The van der Waals surface area contributed by atoms with Crippen LogP contribution in [-0.2, 0) is 0 Å². The van der Waals surface area contributed by atoms with Crippen LogP contribution in [0.2, 0.25) is 0 Å². The van der Waals surface area contributed by atoms with Gasteiger partial charge in [0.15, 0.2) is 12.4 Å². The third-order valence-corrected chi connectivity index (χ3v) is 3.33. The molecule has 2 heterocycles. The zero-order valence-corrected chi connectivity index (χ0v) is 12.5. The standard InChI is InChI=1S/C18H13N2O4/c21-18(14-7-3-1-4-8-14)16(19-11-5-2-6-12-19)13-15-9-10-17(24-15)20(22)23/h1-13H/q+1/b16-13+. The Morgan fingerprint density at radius 2 is 1.67 bits per heavy atom. The molecule has 0 aliphatic carbocycles. The molecule has 0 amide bonds. The summed E-state index contributed by atoms with van der Waals surface area (Å²) in [6, 6.07) is 16.9. The van der Waals surface area contributed by atoms with Crippen molar-refractivity contribution in [3.8, 4) is 0 Å². The molecule has 0 radical (unpaired) electrons. The van der Waals surface area contributed by atoms with E-state index in [9.17, 15) is 14.9 Å². The first-order valence-corrected chi connectivity index (χ1v) is 7.17. The van der Waals surface area contributed by atoms with Crippen LogP contribution in [0.3, 0.4) is 0 Å². The monoisotopic (exact) mass is 321 g/mol. The van der Waals surface area contributed by atoms with Crippen molar-refractivity contribution in [1.29, 1.82) is 0 Å². The van der Waals surface area contributed by atoms with Crippen molar-refractivity contribution in [3.05, 3.63) is 94.5 Å². The van der Waals surface area contributed by atoms with E-state index in [1.54, 1.807) is 53.4 Å². The highest BCUT2D eigenvalue weighted by Gasteiger charge is 2.23. The maximum Gasteiger partial charge on any atom is 0.433 e. The number of hydrogen-bond acceptors (Lipinski definition) is 4. The number of benzene rings is 1. The van der Waals surface area contributed by atoms with Gasteiger partial charge < -0.3 is 4.42 Å². The smallest absolute Gasteiger partial charge is 0.401 e. The number of ketones is 1. The molecule has 2 aromatic heterocycles. The minimum atomic E-state index is -0.619. The molecule has 24 heavy (non-hydrogen) atoms. The summed E-state index contributed by atoms with van der Waals surface area (Å²) < 4.78 is 6.78. The van der Waals surface area contributed by atoms with Crippen LogP contribution in [0.1, 0.15) is 16.1 Å². The van der Waals surface area contributed by atoms with Gasteiger partial charge in [-0.3, -0.25) is 14.9 Å².